The van der Waals surface area contributed by atoms with Crippen LogP contribution in [0.3, 0.4) is 0 Å². The van der Waals surface area contributed by atoms with Gasteiger partial charge in [-0.15, -0.1) is 0 Å². The van der Waals surface area contributed by atoms with Crippen molar-refractivity contribution >= 4 is 18.6 Å². The molecule has 0 bridgehead atoms. The Labute approximate surface area is 70.6 Å². The first kappa shape index (κ1) is 10.3. The zero-order chi connectivity index (χ0) is 9.40. The molecule has 0 heterocycles. The van der Waals surface area contributed by atoms with Crippen molar-refractivity contribution in [2.45, 2.75) is 6.42 Å². The summed E-state index contributed by atoms with van der Waals surface area (Å²) >= 11 is 0. The van der Waals surface area contributed by atoms with Crippen molar-refractivity contribution in [1.29, 1.82) is 5.41 Å². The summed E-state index contributed by atoms with van der Waals surface area (Å²) in [6, 6.07) is -0.264. The maximum atomic E-state index is 10.8. The maximum absolute atomic E-state index is 10.8. The number of amides is 1. The number of rotatable bonds is 3. The topological polar surface area (TPSA) is 74.5 Å². The first-order valence-electron chi connectivity index (χ1n) is 3.24. The fourth-order valence-electron chi connectivity index (χ4n) is 0.463. The number of hydrogen-bond donors (Lipinski definition) is 2. The van der Waals surface area contributed by atoms with E-state index in [4.69, 9.17) is 5.41 Å². The molecule has 0 spiro atoms. The standard InChI is InChI=1S/C7H11N3O2/c1-9-5-3-4-6(11)10-7(8)12-2/h3,5H,1,4H2,2H3,(H2,8,10,11)/b5-3-. The number of ether oxygens (including phenoxy) is 1. The lowest BCUT2D eigenvalue weighted by atomic mass is 10.4. The van der Waals surface area contributed by atoms with Gasteiger partial charge in [0.2, 0.25) is 5.91 Å². The Hall–Kier alpha value is -1.65. The highest BCUT2D eigenvalue weighted by Crippen LogP contribution is 1.83. The number of carbonyl (C=O) groups is 1. The summed E-state index contributed by atoms with van der Waals surface area (Å²) in [5.41, 5.74) is 0. The summed E-state index contributed by atoms with van der Waals surface area (Å²) in [5.74, 6) is -0.318. The quantitative estimate of drug-likeness (QED) is 0.470. The van der Waals surface area contributed by atoms with Gasteiger partial charge >= 0.3 is 0 Å². The van der Waals surface area contributed by atoms with E-state index >= 15 is 0 Å². The third kappa shape index (κ3) is 5.16. The maximum Gasteiger partial charge on any atom is 0.288 e. The molecule has 2 N–H and O–H groups in total. The molecule has 0 aromatic carbocycles. The van der Waals surface area contributed by atoms with E-state index in [0.29, 0.717) is 0 Å². The van der Waals surface area contributed by atoms with Crippen LogP contribution in [0.15, 0.2) is 17.3 Å². The molecule has 0 rings (SSSR count). The molecular weight excluding hydrogens is 158 g/mol. The molecule has 0 aliphatic heterocycles. The highest BCUT2D eigenvalue weighted by Gasteiger charge is 2.00. The van der Waals surface area contributed by atoms with Gasteiger partial charge in [0.15, 0.2) is 0 Å². The lowest BCUT2D eigenvalue weighted by molar-refractivity contribution is -0.119. The summed E-state index contributed by atoms with van der Waals surface area (Å²) in [6.45, 7) is 3.20. The third-order valence-electron chi connectivity index (χ3n) is 0.971. The van der Waals surface area contributed by atoms with Crippen molar-refractivity contribution in [3.05, 3.63) is 12.3 Å². The molecule has 0 unspecified atom stereocenters. The van der Waals surface area contributed by atoms with Crippen LogP contribution in [0.5, 0.6) is 0 Å². The smallest absolute Gasteiger partial charge is 0.288 e. The van der Waals surface area contributed by atoms with E-state index in [2.05, 4.69) is 21.8 Å². The fraction of sp³-hybridized carbons (Fsp3) is 0.286. The van der Waals surface area contributed by atoms with Crippen LogP contribution in [-0.4, -0.2) is 25.8 Å². The highest BCUT2D eigenvalue weighted by atomic mass is 16.5. The number of amidine groups is 1. The summed E-state index contributed by atoms with van der Waals surface area (Å²) in [4.78, 5) is 14.3. The molecule has 0 saturated heterocycles. The molecule has 0 radical (unpaired) electrons. The Morgan fingerprint density at radius 3 is 3.00 bits per heavy atom. The Morgan fingerprint density at radius 2 is 2.50 bits per heavy atom. The Balaban J connectivity index is 3.67. The molecule has 0 fully saturated rings. The van der Waals surface area contributed by atoms with Crippen molar-refractivity contribution in [2.24, 2.45) is 4.99 Å². The average Bonchev–Trinajstić information content (AvgIpc) is 2.05. The van der Waals surface area contributed by atoms with Crippen LogP contribution >= 0.6 is 0 Å². The molecule has 0 aromatic rings. The van der Waals surface area contributed by atoms with Gasteiger partial charge in [-0.3, -0.25) is 20.5 Å². The van der Waals surface area contributed by atoms with E-state index in [1.807, 2.05) is 0 Å². The molecule has 0 atom stereocenters. The van der Waals surface area contributed by atoms with Gasteiger partial charge in [-0.1, -0.05) is 6.08 Å². The van der Waals surface area contributed by atoms with Crippen LogP contribution < -0.4 is 5.32 Å². The Bertz CT molecular complexity index is 211. The molecule has 5 heteroatoms. The number of carbonyl (C=O) groups excluding carboxylic acids is 1. The fourth-order valence-corrected chi connectivity index (χ4v) is 0.463. The summed E-state index contributed by atoms with van der Waals surface area (Å²) in [5, 5.41) is 9.13. The summed E-state index contributed by atoms with van der Waals surface area (Å²) in [7, 11) is 1.31. The molecule has 0 aliphatic rings. The molecule has 0 saturated carbocycles. The van der Waals surface area contributed by atoms with Crippen molar-refractivity contribution in [3.8, 4) is 0 Å². The van der Waals surface area contributed by atoms with E-state index in [0.717, 1.165) is 0 Å². The van der Waals surface area contributed by atoms with Gasteiger partial charge in [-0.25, -0.2) is 0 Å². The lowest BCUT2D eigenvalue weighted by Gasteiger charge is -2.01. The van der Waals surface area contributed by atoms with E-state index in [1.165, 1.54) is 19.4 Å². The number of nitrogens with zero attached hydrogens (tertiary/aromatic N) is 1. The Morgan fingerprint density at radius 1 is 1.83 bits per heavy atom. The van der Waals surface area contributed by atoms with Crippen molar-refractivity contribution in [2.75, 3.05) is 7.11 Å². The monoisotopic (exact) mass is 169 g/mol. The van der Waals surface area contributed by atoms with Crippen LogP contribution in [-0.2, 0) is 9.53 Å². The predicted octanol–water partition coefficient (Wildman–Crippen LogP) is 0.288. The summed E-state index contributed by atoms with van der Waals surface area (Å²) in [6.07, 6.45) is 3.10. The second kappa shape index (κ2) is 6.09. The molecule has 0 aromatic heterocycles. The van der Waals surface area contributed by atoms with Gasteiger partial charge < -0.3 is 4.74 Å². The van der Waals surface area contributed by atoms with E-state index in [1.54, 1.807) is 0 Å². The van der Waals surface area contributed by atoms with E-state index in [-0.39, 0.29) is 18.3 Å². The van der Waals surface area contributed by atoms with E-state index < -0.39 is 0 Å². The molecule has 0 aliphatic carbocycles. The van der Waals surface area contributed by atoms with Gasteiger partial charge in [0.25, 0.3) is 6.02 Å². The van der Waals surface area contributed by atoms with E-state index in [9.17, 15) is 4.79 Å². The normalized spacial score (nSPS) is 9.42. The first-order valence-corrected chi connectivity index (χ1v) is 3.24. The van der Waals surface area contributed by atoms with Gasteiger partial charge in [0.1, 0.15) is 0 Å². The molecular formula is C7H11N3O2. The summed E-state index contributed by atoms with van der Waals surface area (Å²) < 4.78 is 4.42. The number of aliphatic imine (C=N–C) groups is 1. The van der Waals surface area contributed by atoms with Gasteiger partial charge in [-0.05, 0) is 6.72 Å². The van der Waals surface area contributed by atoms with Crippen molar-refractivity contribution < 1.29 is 9.53 Å². The minimum Gasteiger partial charge on any atom is -0.468 e. The molecule has 5 nitrogen and oxygen atoms in total. The largest absolute Gasteiger partial charge is 0.468 e. The zero-order valence-corrected chi connectivity index (χ0v) is 6.83. The molecule has 1 amide bonds. The second-order valence-corrected chi connectivity index (χ2v) is 1.85. The van der Waals surface area contributed by atoms with Crippen LogP contribution in [0.2, 0.25) is 0 Å². The minimum absolute atomic E-state index is 0.157. The Kier molecular flexibility index (Phi) is 5.25. The molecule has 66 valence electrons. The second-order valence-electron chi connectivity index (χ2n) is 1.85. The zero-order valence-electron chi connectivity index (χ0n) is 6.83. The number of methoxy groups -OCH3 is 1. The van der Waals surface area contributed by atoms with Gasteiger partial charge in [0, 0.05) is 12.6 Å². The van der Waals surface area contributed by atoms with Crippen LogP contribution in [0.1, 0.15) is 6.42 Å². The number of nitrogens with one attached hydrogen (secondary N) is 2. The van der Waals surface area contributed by atoms with Crippen LogP contribution in [0, 0.1) is 5.41 Å². The van der Waals surface area contributed by atoms with Crippen molar-refractivity contribution in [1.82, 2.24) is 5.32 Å². The average molecular weight is 169 g/mol. The molecule has 12 heavy (non-hydrogen) atoms. The minimum atomic E-state index is -0.318. The predicted molar refractivity (Wildman–Crippen MR) is 46.2 cm³/mol. The van der Waals surface area contributed by atoms with Crippen LogP contribution in [0.4, 0.5) is 0 Å². The van der Waals surface area contributed by atoms with Gasteiger partial charge in [0.05, 0.1) is 7.11 Å². The highest BCUT2D eigenvalue weighted by molar-refractivity contribution is 5.93. The first-order chi connectivity index (χ1) is 5.70. The third-order valence-corrected chi connectivity index (χ3v) is 0.971. The van der Waals surface area contributed by atoms with Crippen molar-refractivity contribution in [3.63, 3.8) is 0 Å². The lowest BCUT2D eigenvalue weighted by Crippen LogP contribution is -2.30. The number of hydrogen-bond acceptors (Lipinski definition) is 4. The SMILES string of the molecule is C=N/C=C\CC(=O)NC(=N)OC. The van der Waals surface area contributed by atoms with Gasteiger partial charge in [-0.2, -0.15) is 0 Å². The van der Waals surface area contributed by atoms with Crippen LogP contribution in [0.25, 0.3) is 0 Å².